The molecule has 0 bridgehead atoms. The smallest absolute Gasteiger partial charge is 0.432 e. The first-order valence-corrected chi connectivity index (χ1v) is 11.2. The molecule has 0 heterocycles. The van der Waals surface area contributed by atoms with Crippen LogP contribution in [0.1, 0.15) is 43.4 Å². The molecule has 0 aliphatic rings. The van der Waals surface area contributed by atoms with Crippen LogP contribution in [0.25, 0.3) is 0 Å². The number of alkyl halides is 3. The Hall–Kier alpha value is -2.74. The number of benzene rings is 2. The number of carbonyl (C=O) groups is 1. The summed E-state index contributed by atoms with van der Waals surface area (Å²) in [4.78, 5) is 13.3. The molecular formula is C26H33F3O5. The van der Waals surface area contributed by atoms with Gasteiger partial charge >= 0.3 is 12.1 Å². The topological polar surface area (TPSA) is 54.0 Å². The maximum absolute atomic E-state index is 14.3. The van der Waals surface area contributed by atoms with Gasteiger partial charge in [-0.25, -0.2) is 4.79 Å². The lowest BCUT2D eigenvalue weighted by atomic mass is 9.90. The van der Waals surface area contributed by atoms with Crippen molar-refractivity contribution >= 4 is 5.97 Å². The molecule has 5 nitrogen and oxygen atoms in total. The van der Waals surface area contributed by atoms with Gasteiger partial charge in [-0.1, -0.05) is 50.6 Å². The average Bonchev–Trinajstić information content (AvgIpc) is 2.80. The van der Waals surface area contributed by atoms with Crippen molar-refractivity contribution in [3.63, 3.8) is 0 Å². The number of esters is 1. The number of hydrogen-bond acceptors (Lipinski definition) is 5. The Morgan fingerprint density at radius 2 is 1.68 bits per heavy atom. The monoisotopic (exact) mass is 482 g/mol. The number of carbonyl (C=O) groups excluding carboxylic acids is 1. The Kier molecular flexibility index (Phi) is 9.38. The van der Waals surface area contributed by atoms with E-state index in [0.717, 1.165) is 24.7 Å². The van der Waals surface area contributed by atoms with Crippen molar-refractivity contribution in [2.75, 3.05) is 21.3 Å². The summed E-state index contributed by atoms with van der Waals surface area (Å²) in [5, 5.41) is 0. The molecule has 0 radical (unpaired) electrons. The van der Waals surface area contributed by atoms with Crippen molar-refractivity contribution < 1.29 is 36.9 Å². The Morgan fingerprint density at radius 1 is 1.03 bits per heavy atom. The lowest BCUT2D eigenvalue weighted by Crippen LogP contribution is -2.53. The second-order valence-corrected chi connectivity index (χ2v) is 8.28. The third kappa shape index (κ3) is 5.66. The van der Waals surface area contributed by atoms with E-state index in [1.165, 1.54) is 38.5 Å². The van der Waals surface area contributed by atoms with Gasteiger partial charge in [0.05, 0.1) is 14.2 Å². The van der Waals surface area contributed by atoms with E-state index >= 15 is 0 Å². The molecule has 8 heteroatoms. The summed E-state index contributed by atoms with van der Waals surface area (Å²) < 4.78 is 64.3. The molecule has 0 fully saturated rings. The van der Waals surface area contributed by atoms with E-state index in [0.29, 0.717) is 17.9 Å². The fourth-order valence-electron chi connectivity index (χ4n) is 4.08. The van der Waals surface area contributed by atoms with Gasteiger partial charge in [-0.05, 0) is 36.5 Å². The zero-order chi connectivity index (χ0) is 25.5. The standard InChI is InChI=1S/C26H33F3O5/c1-7-11-17(2)22(15-19-14-21(31-4)16-23(32-5)18(19)3)34-24(30)25(33-6,26(27,28)29)20-12-9-8-10-13-20/h8-10,12-14,16-17,22H,7,11,15H2,1-6H3/t17-,22+,25-/m0/s1. The zero-order valence-electron chi connectivity index (χ0n) is 20.5. The molecule has 2 aromatic carbocycles. The van der Waals surface area contributed by atoms with Crippen molar-refractivity contribution in [3.05, 3.63) is 59.2 Å². The molecule has 0 N–H and O–H groups in total. The minimum absolute atomic E-state index is 0.193. The van der Waals surface area contributed by atoms with Crippen LogP contribution in [-0.2, 0) is 26.3 Å². The van der Waals surface area contributed by atoms with Gasteiger partial charge in [0.25, 0.3) is 5.60 Å². The molecule has 2 aromatic rings. The van der Waals surface area contributed by atoms with Crippen LogP contribution in [0.3, 0.4) is 0 Å². The summed E-state index contributed by atoms with van der Waals surface area (Å²) in [6, 6.07) is 10.3. The summed E-state index contributed by atoms with van der Waals surface area (Å²) in [5.74, 6) is -0.580. The lowest BCUT2D eigenvalue weighted by molar-refractivity contribution is -0.279. The highest BCUT2D eigenvalue weighted by atomic mass is 19.4. The summed E-state index contributed by atoms with van der Waals surface area (Å²) >= 11 is 0. The van der Waals surface area contributed by atoms with Crippen LogP contribution in [0.4, 0.5) is 13.2 Å². The molecule has 0 aliphatic heterocycles. The Labute approximate surface area is 199 Å². The zero-order valence-corrected chi connectivity index (χ0v) is 20.5. The van der Waals surface area contributed by atoms with Crippen LogP contribution in [0, 0.1) is 12.8 Å². The third-order valence-corrected chi connectivity index (χ3v) is 6.13. The van der Waals surface area contributed by atoms with Gasteiger partial charge in [-0.3, -0.25) is 0 Å². The third-order valence-electron chi connectivity index (χ3n) is 6.13. The van der Waals surface area contributed by atoms with Crippen LogP contribution < -0.4 is 9.47 Å². The molecule has 34 heavy (non-hydrogen) atoms. The molecule has 0 spiro atoms. The van der Waals surface area contributed by atoms with Gasteiger partial charge in [0.15, 0.2) is 0 Å². The number of ether oxygens (including phenoxy) is 4. The Morgan fingerprint density at radius 3 is 2.18 bits per heavy atom. The van der Waals surface area contributed by atoms with Crippen LogP contribution in [0.2, 0.25) is 0 Å². The van der Waals surface area contributed by atoms with E-state index in [9.17, 15) is 18.0 Å². The molecule has 2 rings (SSSR count). The van der Waals surface area contributed by atoms with Gasteiger partial charge in [0.1, 0.15) is 17.6 Å². The Balaban J connectivity index is 2.51. The summed E-state index contributed by atoms with van der Waals surface area (Å²) in [7, 11) is 3.91. The number of hydrogen-bond donors (Lipinski definition) is 0. The first-order valence-electron chi connectivity index (χ1n) is 11.2. The summed E-state index contributed by atoms with van der Waals surface area (Å²) in [6.07, 6.45) is -4.23. The minimum atomic E-state index is -5.03. The molecule has 0 saturated carbocycles. The van der Waals surface area contributed by atoms with Gasteiger partial charge < -0.3 is 18.9 Å². The van der Waals surface area contributed by atoms with Gasteiger partial charge in [0.2, 0.25) is 0 Å². The maximum atomic E-state index is 14.3. The predicted molar refractivity (Wildman–Crippen MR) is 123 cm³/mol. The van der Waals surface area contributed by atoms with E-state index in [1.807, 2.05) is 20.8 Å². The second kappa shape index (κ2) is 11.6. The van der Waals surface area contributed by atoms with E-state index < -0.39 is 23.9 Å². The molecule has 0 unspecified atom stereocenters. The fourth-order valence-corrected chi connectivity index (χ4v) is 4.08. The van der Waals surface area contributed by atoms with Crippen molar-refractivity contribution in [2.24, 2.45) is 5.92 Å². The van der Waals surface area contributed by atoms with Crippen LogP contribution in [0.5, 0.6) is 11.5 Å². The Bertz CT molecular complexity index is 945. The van der Waals surface area contributed by atoms with E-state index in [4.69, 9.17) is 18.9 Å². The number of halogens is 3. The first kappa shape index (κ1) is 27.5. The quantitative estimate of drug-likeness (QED) is 0.367. The highest BCUT2D eigenvalue weighted by Gasteiger charge is 2.64. The van der Waals surface area contributed by atoms with Gasteiger partial charge in [-0.15, -0.1) is 0 Å². The molecule has 0 aromatic heterocycles. The molecule has 188 valence electrons. The minimum Gasteiger partial charge on any atom is -0.497 e. The van der Waals surface area contributed by atoms with Crippen molar-refractivity contribution in [1.82, 2.24) is 0 Å². The number of methoxy groups -OCH3 is 3. The largest absolute Gasteiger partial charge is 0.497 e. The van der Waals surface area contributed by atoms with Crippen LogP contribution in [0.15, 0.2) is 42.5 Å². The molecule has 0 aliphatic carbocycles. The molecular weight excluding hydrogens is 449 g/mol. The predicted octanol–water partition coefficient (Wildman–Crippen LogP) is 6.01. The van der Waals surface area contributed by atoms with E-state index in [2.05, 4.69) is 0 Å². The van der Waals surface area contributed by atoms with Gasteiger partial charge in [-0.2, -0.15) is 13.2 Å². The molecule has 0 saturated heterocycles. The van der Waals surface area contributed by atoms with E-state index in [1.54, 1.807) is 18.2 Å². The van der Waals surface area contributed by atoms with Crippen LogP contribution >= 0.6 is 0 Å². The van der Waals surface area contributed by atoms with Crippen molar-refractivity contribution in [1.29, 1.82) is 0 Å². The highest BCUT2D eigenvalue weighted by molar-refractivity contribution is 5.83. The normalized spacial score (nSPS) is 15.2. The second-order valence-electron chi connectivity index (χ2n) is 8.28. The lowest BCUT2D eigenvalue weighted by Gasteiger charge is -2.35. The molecule has 3 atom stereocenters. The molecule has 0 amide bonds. The van der Waals surface area contributed by atoms with Gasteiger partial charge in [0, 0.05) is 25.2 Å². The fraction of sp³-hybridized carbons (Fsp3) is 0.500. The van der Waals surface area contributed by atoms with Crippen molar-refractivity contribution in [3.8, 4) is 11.5 Å². The summed E-state index contributed by atoms with van der Waals surface area (Å²) in [5.41, 5.74) is -2.02. The summed E-state index contributed by atoms with van der Waals surface area (Å²) in [6.45, 7) is 5.67. The SMILES string of the molecule is CCC[C@H](C)[C@@H](Cc1cc(OC)cc(OC)c1C)OC(=O)[C@@](OC)(c1ccccc1)C(F)(F)F. The maximum Gasteiger partial charge on any atom is 0.432 e. The average molecular weight is 483 g/mol. The highest BCUT2D eigenvalue weighted by Crippen LogP contribution is 2.43. The van der Waals surface area contributed by atoms with Crippen molar-refractivity contribution in [2.45, 2.75) is 57.9 Å². The van der Waals surface area contributed by atoms with Crippen LogP contribution in [-0.4, -0.2) is 39.6 Å². The first-order chi connectivity index (χ1) is 16.0. The number of rotatable bonds is 11. The van der Waals surface area contributed by atoms with E-state index in [-0.39, 0.29) is 17.9 Å².